The number of thiazole rings is 1. The number of nitrogens with one attached hydrogen (secondary N) is 2. The van der Waals surface area contributed by atoms with Gasteiger partial charge in [0.1, 0.15) is 32.5 Å². The maximum absolute atomic E-state index is 13.7. The van der Waals surface area contributed by atoms with Crippen molar-refractivity contribution >= 4 is 28.1 Å². The number of halogens is 1. The fourth-order valence-corrected chi connectivity index (χ4v) is 5.35. The van der Waals surface area contributed by atoms with Gasteiger partial charge in [-0.05, 0) is 69.5 Å². The molecule has 0 unspecified atom stereocenters. The second-order valence-electron chi connectivity index (χ2n) is 9.62. The number of aromatic amines is 1. The molecule has 0 radical (unpaired) electrons. The highest BCUT2D eigenvalue weighted by molar-refractivity contribution is 7.15. The quantitative estimate of drug-likeness (QED) is 0.316. The average Bonchev–Trinajstić information content (AvgIpc) is 3.43. The number of nitrogens with zero attached hydrogens (tertiary/aromatic N) is 2. The van der Waals surface area contributed by atoms with Crippen molar-refractivity contribution in [3.8, 4) is 16.3 Å². The average molecular weight is 527 g/mol. The van der Waals surface area contributed by atoms with Crippen molar-refractivity contribution in [1.29, 1.82) is 0 Å². The smallest absolute Gasteiger partial charge is 0.274 e. The van der Waals surface area contributed by atoms with Crippen LogP contribution >= 0.6 is 11.3 Å². The van der Waals surface area contributed by atoms with E-state index in [0.717, 1.165) is 16.7 Å². The molecule has 1 amide bonds. The number of aromatic nitrogens is 3. The summed E-state index contributed by atoms with van der Waals surface area (Å²) < 4.78 is 21.3. The first-order chi connectivity index (χ1) is 17.4. The van der Waals surface area contributed by atoms with Gasteiger partial charge in [0.05, 0.1) is 6.61 Å². The summed E-state index contributed by atoms with van der Waals surface area (Å²) in [7, 11) is 1.64. The molecule has 0 aliphatic rings. The van der Waals surface area contributed by atoms with E-state index in [0.29, 0.717) is 45.2 Å². The molecular formula is C27H31FN4O4S. The summed E-state index contributed by atoms with van der Waals surface area (Å²) in [6.07, 6.45) is 2.23. The molecule has 0 aliphatic carbocycles. The highest BCUT2D eigenvalue weighted by Crippen LogP contribution is 2.42. The van der Waals surface area contributed by atoms with E-state index < -0.39 is 5.60 Å². The zero-order valence-electron chi connectivity index (χ0n) is 21.8. The lowest BCUT2D eigenvalue weighted by molar-refractivity contribution is 0.0776. The Kier molecular flexibility index (Phi) is 7.25. The summed E-state index contributed by atoms with van der Waals surface area (Å²) in [5, 5.41) is 14.4. The Bertz CT molecular complexity index is 1520. The van der Waals surface area contributed by atoms with Crippen molar-refractivity contribution in [3.05, 3.63) is 68.0 Å². The molecule has 10 heteroatoms. The zero-order chi connectivity index (χ0) is 27.1. The first kappa shape index (κ1) is 26.6. The van der Waals surface area contributed by atoms with Gasteiger partial charge in [0.15, 0.2) is 0 Å². The Morgan fingerprint density at radius 1 is 1.27 bits per heavy atom. The Morgan fingerprint density at radius 3 is 2.57 bits per heavy atom. The minimum Gasteiger partial charge on any atom is -0.476 e. The molecule has 0 saturated carbocycles. The Balaban J connectivity index is 1.78. The highest BCUT2D eigenvalue weighted by Gasteiger charge is 2.27. The van der Waals surface area contributed by atoms with Gasteiger partial charge in [-0.25, -0.2) is 9.37 Å². The Morgan fingerprint density at radius 2 is 1.95 bits per heavy atom. The number of hydrogen-bond donors (Lipinski definition) is 3. The van der Waals surface area contributed by atoms with Gasteiger partial charge in [-0.15, -0.1) is 11.3 Å². The molecule has 0 bridgehead atoms. The molecular weight excluding hydrogens is 495 g/mol. The molecule has 0 atom stereocenters. The molecule has 4 aromatic rings. The number of hydrogen-bond acceptors (Lipinski definition) is 6. The topological polar surface area (TPSA) is 109 Å². The van der Waals surface area contributed by atoms with Crippen molar-refractivity contribution in [3.63, 3.8) is 0 Å². The molecule has 3 heterocycles. The summed E-state index contributed by atoms with van der Waals surface area (Å²) >= 11 is 1.27. The number of ether oxygens (including phenoxy) is 1. The number of fused-ring (bicyclic) bond motifs is 1. The lowest BCUT2D eigenvalue weighted by Gasteiger charge is -2.12. The lowest BCUT2D eigenvalue weighted by Crippen LogP contribution is -2.23. The van der Waals surface area contributed by atoms with Gasteiger partial charge in [-0.2, -0.15) is 0 Å². The van der Waals surface area contributed by atoms with E-state index in [4.69, 9.17) is 4.74 Å². The van der Waals surface area contributed by atoms with Crippen LogP contribution in [0.25, 0.3) is 21.3 Å². The minimum absolute atomic E-state index is 0.270. The second kappa shape index (κ2) is 10.1. The van der Waals surface area contributed by atoms with Gasteiger partial charge in [0.2, 0.25) is 5.88 Å². The van der Waals surface area contributed by atoms with Crippen molar-refractivity contribution in [1.82, 2.24) is 19.9 Å². The summed E-state index contributed by atoms with van der Waals surface area (Å²) in [4.78, 5) is 33.5. The van der Waals surface area contributed by atoms with Crippen LogP contribution in [0.4, 0.5) is 4.39 Å². The Labute approximate surface area is 218 Å². The minimum atomic E-state index is -1.21. The molecule has 37 heavy (non-hydrogen) atoms. The number of carbonyl (C=O) groups excluding carboxylic acids is 1. The third-order valence-electron chi connectivity index (χ3n) is 6.16. The molecule has 8 nitrogen and oxygen atoms in total. The number of carbonyl (C=O) groups is 1. The summed E-state index contributed by atoms with van der Waals surface area (Å²) in [6, 6.07) is 4.65. The predicted molar refractivity (Wildman–Crippen MR) is 143 cm³/mol. The summed E-state index contributed by atoms with van der Waals surface area (Å²) in [5.41, 5.74) is 2.44. The van der Waals surface area contributed by atoms with Crippen molar-refractivity contribution in [2.75, 3.05) is 13.2 Å². The van der Waals surface area contributed by atoms with Crippen LogP contribution in [0, 0.1) is 19.7 Å². The van der Waals surface area contributed by atoms with Gasteiger partial charge in [-0.3, -0.25) is 9.59 Å². The van der Waals surface area contributed by atoms with Crippen molar-refractivity contribution in [2.45, 2.75) is 46.6 Å². The van der Waals surface area contributed by atoms with Gasteiger partial charge in [0.25, 0.3) is 11.5 Å². The van der Waals surface area contributed by atoms with Gasteiger partial charge >= 0.3 is 0 Å². The normalized spacial score (nSPS) is 11.8. The third kappa shape index (κ3) is 5.30. The van der Waals surface area contributed by atoms with Crippen molar-refractivity contribution < 1.29 is 19.0 Å². The standard InChI is InChI=1S/C27H31FN4O4S/c1-7-29-23(33)20-12-18-19(13-32(6)25(34)21(18)30-20)22-24(31-26(37-22)27(4,5)35)36-9-8-17-14(2)10-16(28)11-15(17)3/h10-13,30,35H,7-9H2,1-6H3,(H,29,33). The van der Waals surface area contributed by atoms with Crippen LogP contribution in [0.5, 0.6) is 5.88 Å². The maximum Gasteiger partial charge on any atom is 0.274 e. The van der Waals surface area contributed by atoms with Crippen LogP contribution in [-0.4, -0.2) is 38.7 Å². The lowest BCUT2D eigenvalue weighted by atomic mass is 10.0. The van der Waals surface area contributed by atoms with E-state index >= 15 is 0 Å². The van der Waals surface area contributed by atoms with Crippen LogP contribution in [-0.2, 0) is 19.1 Å². The van der Waals surface area contributed by atoms with Crippen LogP contribution < -0.4 is 15.6 Å². The number of amides is 1. The van der Waals surface area contributed by atoms with E-state index in [1.54, 1.807) is 33.2 Å². The summed E-state index contributed by atoms with van der Waals surface area (Å²) in [6.45, 7) is 9.57. The number of H-pyrrole nitrogens is 1. The molecule has 0 fully saturated rings. The maximum atomic E-state index is 13.7. The molecule has 0 spiro atoms. The highest BCUT2D eigenvalue weighted by atomic mass is 32.1. The number of benzene rings is 1. The largest absolute Gasteiger partial charge is 0.476 e. The first-order valence-corrected chi connectivity index (χ1v) is 12.8. The van der Waals surface area contributed by atoms with E-state index in [1.165, 1.54) is 28.0 Å². The van der Waals surface area contributed by atoms with Gasteiger partial charge < -0.3 is 24.7 Å². The zero-order valence-corrected chi connectivity index (χ0v) is 22.6. The molecule has 196 valence electrons. The van der Waals surface area contributed by atoms with Gasteiger partial charge in [-0.1, -0.05) is 0 Å². The number of aliphatic hydroxyl groups is 1. The first-order valence-electron chi connectivity index (χ1n) is 12.0. The number of aryl methyl sites for hydroxylation is 3. The number of rotatable bonds is 8. The second-order valence-corrected chi connectivity index (χ2v) is 10.6. The van der Waals surface area contributed by atoms with E-state index in [1.807, 2.05) is 20.8 Å². The van der Waals surface area contributed by atoms with E-state index in [2.05, 4.69) is 15.3 Å². The van der Waals surface area contributed by atoms with Crippen LogP contribution in [0.2, 0.25) is 0 Å². The molecule has 1 aromatic carbocycles. The SMILES string of the molecule is CCNC(=O)c1cc2c(-c3sc(C(C)(C)O)nc3OCCc3c(C)cc(F)cc3C)cn(C)c(=O)c2[nH]1. The molecule has 0 aliphatic heterocycles. The predicted octanol–water partition coefficient (Wildman–Crippen LogP) is 4.34. The fraction of sp³-hybridized carbons (Fsp3) is 0.370. The van der Waals surface area contributed by atoms with E-state index in [9.17, 15) is 19.1 Å². The number of pyridine rings is 1. The van der Waals surface area contributed by atoms with E-state index in [-0.39, 0.29) is 29.6 Å². The van der Waals surface area contributed by atoms with Crippen LogP contribution in [0.1, 0.15) is 53.0 Å². The van der Waals surface area contributed by atoms with Crippen molar-refractivity contribution in [2.24, 2.45) is 7.05 Å². The third-order valence-corrected chi connectivity index (χ3v) is 7.55. The Hall–Kier alpha value is -3.50. The molecule has 3 aromatic heterocycles. The summed E-state index contributed by atoms with van der Waals surface area (Å²) in [5.74, 6) is -0.261. The molecule has 3 N–H and O–H groups in total. The molecule has 4 rings (SSSR count). The molecule has 0 saturated heterocycles. The van der Waals surface area contributed by atoms with Crippen LogP contribution in [0.15, 0.2) is 29.2 Å². The van der Waals surface area contributed by atoms with Crippen LogP contribution in [0.3, 0.4) is 0 Å². The fourth-order valence-electron chi connectivity index (χ4n) is 4.31. The van der Waals surface area contributed by atoms with Gasteiger partial charge in [0, 0.05) is 37.2 Å². The monoisotopic (exact) mass is 526 g/mol.